The topological polar surface area (TPSA) is 79.3 Å². The number of hydrogen-bond donors (Lipinski definition) is 2. The first-order valence-corrected chi connectivity index (χ1v) is 7.30. The van der Waals surface area contributed by atoms with E-state index in [0.717, 1.165) is 5.56 Å². The Labute approximate surface area is 138 Å². The molecular formula is C19H14N2O3. The van der Waals surface area contributed by atoms with Crippen LogP contribution in [0.25, 0.3) is 11.3 Å². The van der Waals surface area contributed by atoms with Gasteiger partial charge in [-0.05, 0) is 36.4 Å². The molecule has 0 atom stereocenters. The predicted molar refractivity (Wildman–Crippen MR) is 91.0 cm³/mol. The van der Waals surface area contributed by atoms with Crippen LogP contribution >= 0.6 is 0 Å². The predicted octanol–water partition coefficient (Wildman–Crippen LogP) is 3.70. The van der Waals surface area contributed by atoms with Crippen molar-refractivity contribution in [2.24, 2.45) is 0 Å². The number of aromatic nitrogens is 1. The second kappa shape index (κ2) is 6.75. The van der Waals surface area contributed by atoms with Crippen LogP contribution in [0.5, 0.6) is 0 Å². The van der Waals surface area contributed by atoms with Gasteiger partial charge in [0.25, 0.3) is 5.91 Å². The number of benzene rings is 2. The van der Waals surface area contributed by atoms with E-state index in [1.165, 1.54) is 12.1 Å². The summed E-state index contributed by atoms with van der Waals surface area (Å²) in [5.41, 5.74) is 2.82. The summed E-state index contributed by atoms with van der Waals surface area (Å²) < 4.78 is 0. The molecule has 0 aliphatic carbocycles. The number of anilines is 1. The van der Waals surface area contributed by atoms with Crippen LogP contribution in [0, 0.1) is 0 Å². The van der Waals surface area contributed by atoms with Gasteiger partial charge < -0.3 is 10.4 Å². The highest BCUT2D eigenvalue weighted by molar-refractivity contribution is 6.05. The minimum absolute atomic E-state index is 0.170. The zero-order chi connectivity index (χ0) is 16.9. The highest BCUT2D eigenvalue weighted by Crippen LogP contribution is 2.18. The Morgan fingerprint density at radius 3 is 2.25 bits per heavy atom. The quantitative estimate of drug-likeness (QED) is 0.769. The summed E-state index contributed by atoms with van der Waals surface area (Å²) in [7, 11) is 0. The molecule has 1 heterocycles. The molecular weight excluding hydrogens is 304 g/mol. The molecule has 0 saturated heterocycles. The molecule has 3 aromatic rings. The molecule has 3 rings (SSSR count). The normalized spacial score (nSPS) is 10.2. The van der Waals surface area contributed by atoms with Crippen LogP contribution in [0.3, 0.4) is 0 Å². The van der Waals surface area contributed by atoms with Gasteiger partial charge in [0.2, 0.25) is 0 Å². The lowest BCUT2D eigenvalue weighted by Crippen LogP contribution is -2.12. The van der Waals surface area contributed by atoms with Gasteiger partial charge in [-0.15, -0.1) is 0 Å². The number of nitrogens with zero attached hydrogens (tertiary/aromatic N) is 1. The molecule has 5 nitrogen and oxygen atoms in total. The monoisotopic (exact) mass is 318 g/mol. The van der Waals surface area contributed by atoms with Crippen molar-refractivity contribution in [3.8, 4) is 11.3 Å². The molecule has 0 fully saturated rings. The Bertz CT molecular complexity index is 875. The molecule has 1 aromatic heterocycles. The van der Waals surface area contributed by atoms with E-state index < -0.39 is 5.97 Å². The zero-order valence-corrected chi connectivity index (χ0v) is 12.6. The van der Waals surface area contributed by atoms with Crippen molar-refractivity contribution in [3.05, 3.63) is 84.1 Å². The van der Waals surface area contributed by atoms with E-state index in [2.05, 4.69) is 10.3 Å². The van der Waals surface area contributed by atoms with Gasteiger partial charge in [0.05, 0.1) is 11.3 Å². The largest absolute Gasteiger partial charge is 0.478 e. The highest BCUT2D eigenvalue weighted by Gasteiger charge is 2.09. The maximum atomic E-state index is 12.4. The average Bonchev–Trinajstić information content (AvgIpc) is 2.63. The fourth-order valence-corrected chi connectivity index (χ4v) is 2.24. The Morgan fingerprint density at radius 2 is 1.58 bits per heavy atom. The highest BCUT2D eigenvalue weighted by atomic mass is 16.4. The third-order valence-electron chi connectivity index (χ3n) is 3.48. The molecule has 118 valence electrons. The van der Waals surface area contributed by atoms with Crippen molar-refractivity contribution in [1.82, 2.24) is 4.98 Å². The number of carboxylic acid groups (broad SMARTS) is 1. The zero-order valence-electron chi connectivity index (χ0n) is 12.6. The molecule has 0 unspecified atom stereocenters. The molecule has 5 heteroatoms. The lowest BCUT2D eigenvalue weighted by molar-refractivity contribution is 0.0696. The molecule has 0 saturated carbocycles. The smallest absolute Gasteiger partial charge is 0.335 e. The molecule has 0 spiro atoms. The number of carbonyl (C=O) groups excluding carboxylic acids is 1. The maximum Gasteiger partial charge on any atom is 0.335 e. The molecule has 0 bridgehead atoms. The Morgan fingerprint density at radius 1 is 0.875 bits per heavy atom. The summed E-state index contributed by atoms with van der Waals surface area (Å²) in [6.45, 7) is 0. The van der Waals surface area contributed by atoms with Crippen LogP contribution in [-0.4, -0.2) is 22.0 Å². The number of carbonyl (C=O) groups is 2. The second-order valence-electron chi connectivity index (χ2n) is 5.13. The minimum Gasteiger partial charge on any atom is -0.478 e. The van der Waals surface area contributed by atoms with E-state index in [1.807, 2.05) is 30.3 Å². The number of carboxylic acids is 1. The number of nitrogens with one attached hydrogen (secondary N) is 1. The van der Waals surface area contributed by atoms with Crippen LogP contribution in [0.15, 0.2) is 72.9 Å². The third kappa shape index (κ3) is 3.47. The van der Waals surface area contributed by atoms with E-state index in [0.29, 0.717) is 16.9 Å². The number of aromatic carboxylic acids is 1. The first-order chi connectivity index (χ1) is 11.6. The molecule has 24 heavy (non-hydrogen) atoms. The van der Waals surface area contributed by atoms with Crippen molar-refractivity contribution in [3.63, 3.8) is 0 Å². The lowest BCUT2D eigenvalue weighted by atomic mass is 10.1. The minimum atomic E-state index is -1.01. The second-order valence-corrected chi connectivity index (χ2v) is 5.13. The van der Waals surface area contributed by atoms with Crippen LogP contribution < -0.4 is 5.32 Å². The fraction of sp³-hybridized carbons (Fsp3) is 0. The molecule has 2 aromatic carbocycles. The van der Waals surface area contributed by atoms with Crippen LogP contribution in [0.2, 0.25) is 0 Å². The van der Waals surface area contributed by atoms with Gasteiger partial charge in [-0.1, -0.05) is 30.3 Å². The van der Waals surface area contributed by atoms with Crippen LogP contribution in [0.4, 0.5) is 5.69 Å². The number of hydrogen-bond acceptors (Lipinski definition) is 3. The Hall–Kier alpha value is -3.47. The van der Waals surface area contributed by atoms with Crippen molar-refractivity contribution >= 4 is 17.6 Å². The molecule has 0 radical (unpaired) electrons. The van der Waals surface area contributed by atoms with Crippen LogP contribution in [-0.2, 0) is 0 Å². The summed E-state index contributed by atoms with van der Waals surface area (Å²) in [4.78, 5) is 27.5. The van der Waals surface area contributed by atoms with E-state index in [-0.39, 0.29) is 11.5 Å². The van der Waals surface area contributed by atoms with Gasteiger partial charge in [0.15, 0.2) is 0 Å². The van der Waals surface area contributed by atoms with Crippen molar-refractivity contribution in [1.29, 1.82) is 0 Å². The van der Waals surface area contributed by atoms with Crippen molar-refractivity contribution < 1.29 is 14.7 Å². The van der Waals surface area contributed by atoms with Gasteiger partial charge in [0.1, 0.15) is 0 Å². The Balaban J connectivity index is 1.79. The Kier molecular flexibility index (Phi) is 4.34. The summed E-state index contributed by atoms with van der Waals surface area (Å²) >= 11 is 0. The first kappa shape index (κ1) is 15.4. The van der Waals surface area contributed by atoms with Crippen LogP contribution in [0.1, 0.15) is 20.7 Å². The van der Waals surface area contributed by atoms with E-state index in [1.54, 1.807) is 30.5 Å². The average molecular weight is 318 g/mol. The summed E-state index contributed by atoms with van der Waals surface area (Å²) in [6.07, 6.45) is 1.59. The van der Waals surface area contributed by atoms with Crippen molar-refractivity contribution in [2.45, 2.75) is 0 Å². The van der Waals surface area contributed by atoms with Gasteiger partial charge in [0, 0.05) is 23.0 Å². The van der Waals surface area contributed by atoms with Gasteiger partial charge in [-0.3, -0.25) is 9.78 Å². The third-order valence-corrected chi connectivity index (χ3v) is 3.48. The first-order valence-electron chi connectivity index (χ1n) is 7.30. The van der Waals surface area contributed by atoms with Gasteiger partial charge >= 0.3 is 5.97 Å². The molecule has 0 aliphatic rings. The lowest BCUT2D eigenvalue weighted by Gasteiger charge is -2.07. The molecule has 0 aliphatic heterocycles. The van der Waals surface area contributed by atoms with Gasteiger partial charge in [-0.2, -0.15) is 0 Å². The van der Waals surface area contributed by atoms with E-state index >= 15 is 0 Å². The number of rotatable bonds is 4. The van der Waals surface area contributed by atoms with E-state index in [9.17, 15) is 9.59 Å². The van der Waals surface area contributed by atoms with Crippen molar-refractivity contribution in [2.75, 3.05) is 5.32 Å². The summed E-state index contributed by atoms with van der Waals surface area (Å²) in [6, 6.07) is 18.9. The van der Waals surface area contributed by atoms with Gasteiger partial charge in [-0.25, -0.2) is 4.79 Å². The number of pyridine rings is 1. The molecule has 1 amide bonds. The molecule has 2 N–H and O–H groups in total. The summed E-state index contributed by atoms with van der Waals surface area (Å²) in [5.74, 6) is -1.29. The SMILES string of the molecule is O=C(O)c1ccc(NC(=O)c2ccnc(-c3ccccc3)c2)cc1. The number of amides is 1. The maximum absolute atomic E-state index is 12.4. The summed E-state index contributed by atoms with van der Waals surface area (Å²) in [5, 5.41) is 11.6. The van der Waals surface area contributed by atoms with E-state index in [4.69, 9.17) is 5.11 Å². The fourth-order valence-electron chi connectivity index (χ4n) is 2.24. The standard InChI is InChI=1S/C19H14N2O3/c22-18(21-16-8-6-14(7-9-16)19(23)24)15-10-11-20-17(12-15)13-4-2-1-3-5-13/h1-12H,(H,21,22)(H,23,24).